The van der Waals surface area contributed by atoms with E-state index in [0.29, 0.717) is 0 Å². The third kappa shape index (κ3) is 2.81. The van der Waals surface area contributed by atoms with Crippen LogP contribution in [0.1, 0.15) is 16.1 Å². The van der Waals surface area contributed by atoms with Crippen LogP contribution in [0, 0.1) is 12.7 Å². The molecule has 1 amide bonds. The zero-order valence-corrected chi connectivity index (χ0v) is 10.2. The number of amides is 1. The largest absolute Gasteiger partial charge is 0.318 e. The molecule has 2 aromatic rings. The van der Waals surface area contributed by atoms with Gasteiger partial charge in [0.25, 0.3) is 5.91 Å². The molecular weight excluding hydrogens is 257 g/mol. The monoisotopic (exact) mass is 265 g/mol. The summed E-state index contributed by atoms with van der Waals surface area (Å²) in [7, 11) is 0. The van der Waals surface area contributed by atoms with Gasteiger partial charge in [0.05, 0.1) is 5.69 Å². The number of nitrogens with zero attached hydrogens (tertiary/aromatic N) is 2. The third-order valence-corrected chi connectivity index (χ3v) is 2.44. The molecule has 0 radical (unpaired) electrons. The van der Waals surface area contributed by atoms with E-state index >= 15 is 0 Å². The van der Waals surface area contributed by atoms with Gasteiger partial charge in [-0.05, 0) is 36.8 Å². The first-order valence-corrected chi connectivity index (χ1v) is 5.51. The maximum absolute atomic E-state index is 13.5. The average molecular weight is 266 g/mol. The van der Waals surface area contributed by atoms with Gasteiger partial charge in [-0.2, -0.15) is 0 Å². The van der Waals surface area contributed by atoms with Crippen molar-refractivity contribution in [2.45, 2.75) is 6.92 Å². The van der Waals surface area contributed by atoms with Gasteiger partial charge in [0.1, 0.15) is 5.82 Å². The zero-order chi connectivity index (χ0) is 13.1. The normalized spacial score (nSPS) is 10.2. The highest BCUT2D eigenvalue weighted by atomic mass is 35.5. The van der Waals surface area contributed by atoms with E-state index in [1.54, 1.807) is 13.0 Å². The highest BCUT2D eigenvalue weighted by molar-refractivity contribution is 6.29. The van der Waals surface area contributed by atoms with Crippen LogP contribution in [-0.4, -0.2) is 16.1 Å². The van der Waals surface area contributed by atoms with Crippen LogP contribution in [0.5, 0.6) is 0 Å². The molecular formula is C12H9ClFN3O. The van der Waals surface area contributed by atoms with Gasteiger partial charge in [-0.25, -0.2) is 4.39 Å². The lowest BCUT2D eigenvalue weighted by molar-refractivity contribution is 0.102. The van der Waals surface area contributed by atoms with Crippen LogP contribution in [0.4, 0.5) is 10.1 Å². The summed E-state index contributed by atoms with van der Waals surface area (Å²) in [5.74, 6) is -1.04. The summed E-state index contributed by atoms with van der Waals surface area (Å²) in [5.41, 5.74) is 0.943. The maximum atomic E-state index is 13.5. The smallest absolute Gasteiger partial charge is 0.276 e. The van der Waals surface area contributed by atoms with Crippen molar-refractivity contribution in [2.75, 3.05) is 5.32 Å². The predicted molar refractivity (Wildman–Crippen MR) is 66.1 cm³/mol. The molecule has 6 heteroatoms. The molecule has 92 valence electrons. The van der Waals surface area contributed by atoms with Crippen molar-refractivity contribution in [3.8, 4) is 0 Å². The maximum Gasteiger partial charge on any atom is 0.276 e. The van der Waals surface area contributed by atoms with E-state index in [-0.39, 0.29) is 16.5 Å². The SMILES string of the molecule is Cc1ccc(NC(=O)c2ccc(Cl)nn2)c(F)c1. The fourth-order valence-corrected chi connectivity index (χ4v) is 1.45. The molecule has 0 saturated carbocycles. The lowest BCUT2D eigenvalue weighted by Gasteiger charge is -2.06. The van der Waals surface area contributed by atoms with E-state index < -0.39 is 11.7 Å². The summed E-state index contributed by atoms with van der Waals surface area (Å²) in [6.07, 6.45) is 0. The Bertz CT molecular complexity index is 586. The minimum atomic E-state index is -0.540. The lowest BCUT2D eigenvalue weighted by atomic mass is 10.2. The molecule has 0 aliphatic carbocycles. The molecule has 0 spiro atoms. The van der Waals surface area contributed by atoms with E-state index in [1.165, 1.54) is 24.3 Å². The summed E-state index contributed by atoms with van der Waals surface area (Å²) < 4.78 is 13.5. The first-order valence-electron chi connectivity index (χ1n) is 5.13. The number of carbonyl (C=O) groups is 1. The fraction of sp³-hybridized carbons (Fsp3) is 0.0833. The molecule has 0 saturated heterocycles. The molecule has 0 bridgehead atoms. The second-order valence-corrected chi connectivity index (χ2v) is 4.07. The summed E-state index contributed by atoms with van der Waals surface area (Å²) in [6.45, 7) is 1.76. The van der Waals surface area contributed by atoms with Crippen LogP contribution < -0.4 is 5.32 Å². The van der Waals surface area contributed by atoms with Crippen LogP contribution in [-0.2, 0) is 0 Å². The minimum Gasteiger partial charge on any atom is -0.318 e. The van der Waals surface area contributed by atoms with Gasteiger partial charge in [0, 0.05) is 0 Å². The van der Waals surface area contributed by atoms with Crippen molar-refractivity contribution in [2.24, 2.45) is 0 Å². The van der Waals surface area contributed by atoms with E-state index in [0.717, 1.165) is 5.56 Å². The molecule has 4 nitrogen and oxygen atoms in total. The van der Waals surface area contributed by atoms with E-state index in [9.17, 15) is 9.18 Å². The molecule has 2 rings (SSSR count). The summed E-state index contributed by atoms with van der Waals surface area (Å²) in [6, 6.07) is 7.38. The quantitative estimate of drug-likeness (QED) is 0.908. The molecule has 0 fully saturated rings. The molecule has 0 aliphatic heterocycles. The molecule has 1 N–H and O–H groups in total. The van der Waals surface area contributed by atoms with Crippen LogP contribution in [0.2, 0.25) is 5.15 Å². The number of benzene rings is 1. The Balaban J connectivity index is 2.18. The topological polar surface area (TPSA) is 54.9 Å². The highest BCUT2D eigenvalue weighted by Crippen LogP contribution is 2.16. The Morgan fingerprint density at radius 2 is 2.06 bits per heavy atom. The number of halogens is 2. The number of aryl methyl sites for hydroxylation is 1. The van der Waals surface area contributed by atoms with Crippen LogP contribution in [0.15, 0.2) is 30.3 Å². The van der Waals surface area contributed by atoms with Crippen molar-refractivity contribution in [1.82, 2.24) is 10.2 Å². The molecule has 0 unspecified atom stereocenters. The van der Waals surface area contributed by atoms with Crippen molar-refractivity contribution < 1.29 is 9.18 Å². The highest BCUT2D eigenvalue weighted by Gasteiger charge is 2.11. The van der Waals surface area contributed by atoms with Crippen LogP contribution in [0.3, 0.4) is 0 Å². The van der Waals surface area contributed by atoms with Crippen LogP contribution >= 0.6 is 11.6 Å². The Kier molecular flexibility index (Phi) is 3.53. The van der Waals surface area contributed by atoms with Gasteiger partial charge in [-0.3, -0.25) is 4.79 Å². The number of hydrogen-bond donors (Lipinski definition) is 1. The van der Waals surface area contributed by atoms with Gasteiger partial charge < -0.3 is 5.32 Å². The summed E-state index contributed by atoms with van der Waals surface area (Å²) in [4.78, 5) is 11.7. The Morgan fingerprint density at radius 3 is 2.67 bits per heavy atom. The van der Waals surface area contributed by atoms with Crippen LogP contribution in [0.25, 0.3) is 0 Å². The Labute approximate surface area is 108 Å². The summed E-state index contributed by atoms with van der Waals surface area (Å²) >= 11 is 5.55. The standard InChI is InChI=1S/C12H9ClFN3O/c1-7-2-3-9(8(14)6-7)15-12(18)10-4-5-11(13)17-16-10/h2-6H,1H3,(H,15,18). The third-order valence-electron chi connectivity index (χ3n) is 2.24. The van der Waals surface area contributed by atoms with Crippen molar-refractivity contribution in [3.63, 3.8) is 0 Å². The van der Waals surface area contributed by atoms with Crippen molar-refractivity contribution in [1.29, 1.82) is 0 Å². The minimum absolute atomic E-state index is 0.0689. The first-order chi connectivity index (χ1) is 8.56. The molecule has 18 heavy (non-hydrogen) atoms. The van der Waals surface area contributed by atoms with Crippen molar-refractivity contribution >= 4 is 23.2 Å². The number of hydrogen-bond acceptors (Lipinski definition) is 3. The molecule has 1 heterocycles. The van der Waals surface area contributed by atoms with E-state index in [2.05, 4.69) is 15.5 Å². The van der Waals surface area contributed by atoms with Gasteiger partial charge in [-0.1, -0.05) is 17.7 Å². The number of carbonyl (C=O) groups excluding carboxylic acids is 1. The van der Waals surface area contributed by atoms with Gasteiger partial charge in [-0.15, -0.1) is 10.2 Å². The fourth-order valence-electron chi connectivity index (χ4n) is 1.34. The van der Waals surface area contributed by atoms with Gasteiger partial charge >= 0.3 is 0 Å². The number of aromatic nitrogens is 2. The van der Waals surface area contributed by atoms with E-state index in [1.807, 2.05) is 0 Å². The zero-order valence-electron chi connectivity index (χ0n) is 9.45. The molecule has 0 aliphatic rings. The second kappa shape index (κ2) is 5.10. The van der Waals surface area contributed by atoms with Gasteiger partial charge in [0.15, 0.2) is 10.8 Å². The second-order valence-electron chi connectivity index (χ2n) is 3.68. The number of rotatable bonds is 2. The lowest BCUT2D eigenvalue weighted by Crippen LogP contribution is -2.15. The van der Waals surface area contributed by atoms with E-state index in [4.69, 9.17) is 11.6 Å². The Morgan fingerprint density at radius 1 is 1.28 bits per heavy atom. The number of nitrogens with one attached hydrogen (secondary N) is 1. The molecule has 0 atom stereocenters. The molecule has 1 aromatic heterocycles. The Hall–Kier alpha value is -2.01. The average Bonchev–Trinajstić information content (AvgIpc) is 2.33. The molecule has 1 aromatic carbocycles. The van der Waals surface area contributed by atoms with Gasteiger partial charge in [0.2, 0.25) is 0 Å². The van der Waals surface area contributed by atoms with Crippen molar-refractivity contribution in [3.05, 3.63) is 52.6 Å². The first kappa shape index (κ1) is 12.4. The summed E-state index contributed by atoms with van der Waals surface area (Å²) in [5, 5.41) is 9.75. The number of anilines is 1. The predicted octanol–water partition coefficient (Wildman–Crippen LogP) is 2.83.